The Labute approximate surface area is 69.4 Å². The summed E-state index contributed by atoms with van der Waals surface area (Å²) < 4.78 is 0. The fourth-order valence-corrected chi connectivity index (χ4v) is 1.45. The molecule has 0 saturated carbocycles. The van der Waals surface area contributed by atoms with Gasteiger partial charge in [0, 0.05) is 6.04 Å². The number of nitrogens with one attached hydrogen (secondary N) is 1. The Balaban J connectivity index is 2.62. The number of hydrogen-bond acceptors (Lipinski definition) is 3. The Morgan fingerprint density at radius 1 is 1.33 bits per heavy atom. The zero-order valence-electron chi connectivity index (χ0n) is 6.65. The average Bonchev–Trinajstić information content (AvgIpc) is 2.30. The molecule has 1 heterocycles. The van der Waals surface area contributed by atoms with Gasteiger partial charge in [0.25, 0.3) is 0 Å². The van der Waals surface area contributed by atoms with E-state index >= 15 is 0 Å². The smallest absolute Gasteiger partial charge is 0.320 e. The highest BCUT2D eigenvalue weighted by atomic mass is 16.4. The summed E-state index contributed by atoms with van der Waals surface area (Å²) in [6.45, 7) is 1.68. The summed E-state index contributed by atoms with van der Waals surface area (Å²) in [6, 6.07) is -0.968. The molecule has 1 fully saturated rings. The minimum atomic E-state index is -0.981. The van der Waals surface area contributed by atoms with Crippen molar-refractivity contribution in [1.29, 1.82) is 0 Å². The van der Waals surface area contributed by atoms with E-state index in [9.17, 15) is 9.59 Å². The first-order chi connectivity index (χ1) is 5.52. The molecule has 1 aliphatic rings. The van der Waals surface area contributed by atoms with Crippen LogP contribution in [-0.4, -0.2) is 34.2 Å². The van der Waals surface area contributed by atoms with Crippen molar-refractivity contribution >= 4 is 11.9 Å². The van der Waals surface area contributed by atoms with E-state index in [4.69, 9.17) is 10.2 Å². The van der Waals surface area contributed by atoms with E-state index in [1.165, 1.54) is 0 Å². The van der Waals surface area contributed by atoms with Crippen molar-refractivity contribution in [2.45, 2.75) is 25.4 Å². The fraction of sp³-hybridized carbons (Fsp3) is 0.714. The lowest BCUT2D eigenvalue weighted by Gasteiger charge is -2.07. The number of rotatable bonds is 2. The minimum absolute atomic E-state index is 0.172. The van der Waals surface area contributed by atoms with Crippen LogP contribution in [0.1, 0.15) is 13.3 Å². The first-order valence-electron chi connectivity index (χ1n) is 3.74. The molecule has 3 N–H and O–H groups in total. The first kappa shape index (κ1) is 8.99. The maximum atomic E-state index is 10.5. The van der Waals surface area contributed by atoms with Gasteiger partial charge in [-0.2, -0.15) is 0 Å². The van der Waals surface area contributed by atoms with E-state index in [0.717, 1.165) is 0 Å². The van der Waals surface area contributed by atoms with Gasteiger partial charge in [0.05, 0.1) is 5.92 Å². The zero-order valence-corrected chi connectivity index (χ0v) is 6.65. The maximum absolute atomic E-state index is 10.5. The van der Waals surface area contributed by atoms with Crippen molar-refractivity contribution in [3.63, 3.8) is 0 Å². The van der Waals surface area contributed by atoms with Gasteiger partial charge in [0.15, 0.2) is 0 Å². The Hall–Kier alpha value is -1.10. The van der Waals surface area contributed by atoms with Crippen LogP contribution in [0.5, 0.6) is 0 Å². The molecule has 68 valence electrons. The third-order valence-corrected chi connectivity index (χ3v) is 2.17. The van der Waals surface area contributed by atoms with Crippen molar-refractivity contribution in [3.8, 4) is 0 Å². The molecule has 0 aliphatic carbocycles. The van der Waals surface area contributed by atoms with Gasteiger partial charge in [-0.05, 0) is 13.3 Å². The number of carbonyl (C=O) groups is 2. The summed E-state index contributed by atoms with van der Waals surface area (Å²) in [5.74, 6) is -2.49. The van der Waals surface area contributed by atoms with E-state index in [1.54, 1.807) is 6.92 Å². The number of hydrogen-bond donors (Lipinski definition) is 3. The van der Waals surface area contributed by atoms with E-state index in [2.05, 4.69) is 5.32 Å². The second-order valence-electron chi connectivity index (χ2n) is 3.03. The third-order valence-electron chi connectivity index (χ3n) is 2.17. The average molecular weight is 173 g/mol. The highest BCUT2D eigenvalue weighted by Crippen LogP contribution is 2.20. The lowest BCUT2D eigenvalue weighted by molar-refractivity contribution is -0.142. The predicted molar refractivity (Wildman–Crippen MR) is 39.8 cm³/mol. The van der Waals surface area contributed by atoms with Gasteiger partial charge in [-0.3, -0.25) is 9.59 Å². The van der Waals surface area contributed by atoms with Crippen LogP contribution in [0.3, 0.4) is 0 Å². The molecule has 3 atom stereocenters. The Morgan fingerprint density at radius 3 is 2.17 bits per heavy atom. The Kier molecular flexibility index (Phi) is 2.32. The topological polar surface area (TPSA) is 86.6 Å². The second kappa shape index (κ2) is 3.10. The lowest BCUT2D eigenvalue weighted by atomic mass is 10.0. The van der Waals surface area contributed by atoms with Crippen molar-refractivity contribution < 1.29 is 19.8 Å². The molecule has 12 heavy (non-hydrogen) atoms. The van der Waals surface area contributed by atoms with Gasteiger partial charge in [0.2, 0.25) is 0 Å². The highest BCUT2D eigenvalue weighted by Gasteiger charge is 2.38. The molecule has 0 aromatic heterocycles. The standard InChI is InChI=1S/C7H11NO4/c1-3-4(6(9)10)2-5(8-3)7(11)12/h3-5,8H,2H2,1H3,(H,9,10)(H,11,12). The minimum Gasteiger partial charge on any atom is -0.481 e. The molecule has 0 aromatic rings. The summed E-state index contributed by atoms with van der Waals surface area (Å²) in [6.07, 6.45) is 0.172. The molecule has 0 aromatic carbocycles. The van der Waals surface area contributed by atoms with Crippen molar-refractivity contribution in [3.05, 3.63) is 0 Å². The monoisotopic (exact) mass is 173 g/mol. The van der Waals surface area contributed by atoms with Crippen LogP contribution >= 0.6 is 0 Å². The van der Waals surface area contributed by atoms with Crippen LogP contribution < -0.4 is 5.32 Å². The van der Waals surface area contributed by atoms with Crippen molar-refractivity contribution in [2.75, 3.05) is 0 Å². The Bertz CT molecular complexity index is 215. The second-order valence-corrected chi connectivity index (χ2v) is 3.03. The number of carboxylic acid groups (broad SMARTS) is 2. The van der Waals surface area contributed by atoms with Gasteiger partial charge in [-0.25, -0.2) is 0 Å². The molecule has 5 heteroatoms. The molecule has 3 unspecified atom stereocenters. The van der Waals surface area contributed by atoms with E-state index < -0.39 is 23.9 Å². The molecule has 1 aliphatic heterocycles. The molecule has 0 bridgehead atoms. The van der Waals surface area contributed by atoms with Crippen molar-refractivity contribution in [1.82, 2.24) is 5.32 Å². The molecule has 0 amide bonds. The van der Waals surface area contributed by atoms with Crippen LogP contribution in [0.2, 0.25) is 0 Å². The first-order valence-corrected chi connectivity index (χ1v) is 3.74. The van der Waals surface area contributed by atoms with Crippen LogP contribution in [0, 0.1) is 5.92 Å². The molecule has 1 rings (SSSR count). The molecule has 0 radical (unpaired) electrons. The normalized spacial score (nSPS) is 34.9. The van der Waals surface area contributed by atoms with E-state index in [1.807, 2.05) is 0 Å². The summed E-state index contributed by atoms with van der Waals surface area (Å²) in [5.41, 5.74) is 0. The van der Waals surface area contributed by atoms with E-state index in [-0.39, 0.29) is 12.5 Å². The SMILES string of the molecule is CC1NC(C(=O)O)CC1C(=O)O. The quantitative estimate of drug-likeness (QED) is 0.525. The van der Waals surface area contributed by atoms with Gasteiger partial charge < -0.3 is 15.5 Å². The molecule has 1 saturated heterocycles. The van der Waals surface area contributed by atoms with E-state index in [0.29, 0.717) is 0 Å². The molecular weight excluding hydrogens is 162 g/mol. The summed E-state index contributed by atoms with van der Waals surface area (Å²) >= 11 is 0. The Morgan fingerprint density at radius 2 is 1.92 bits per heavy atom. The van der Waals surface area contributed by atoms with Gasteiger partial charge in [0.1, 0.15) is 6.04 Å². The predicted octanol–water partition coefficient (Wildman–Crippen LogP) is -0.478. The lowest BCUT2D eigenvalue weighted by Crippen LogP contribution is -2.35. The van der Waals surface area contributed by atoms with Gasteiger partial charge in [-0.15, -0.1) is 0 Å². The van der Waals surface area contributed by atoms with Gasteiger partial charge >= 0.3 is 11.9 Å². The summed E-state index contributed by atoms with van der Waals surface area (Å²) in [4.78, 5) is 21.0. The number of aliphatic carboxylic acids is 2. The fourth-order valence-electron chi connectivity index (χ4n) is 1.45. The largest absolute Gasteiger partial charge is 0.481 e. The molecule has 0 spiro atoms. The summed E-state index contributed by atoms with van der Waals surface area (Å²) in [7, 11) is 0. The van der Waals surface area contributed by atoms with Gasteiger partial charge in [-0.1, -0.05) is 0 Å². The van der Waals surface area contributed by atoms with Crippen LogP contribution in [0.15, 0.2) is 0 Å². The van der Waals surface area contributed by atoms with Crippen molar-refractivity contribution in [2.24, 2.45) is 5.92 Å². The van der Waals surface area contributed by atoms with Crippen LogP contribution in [-0.2, 0) is 9.59 Å². The highest BCUT2D eigenvalue weighted by molar-refractivity contribution is 5.78. The molecule has 5 nitrogen and oxygen atoms in total. The summed E-state index contributed by atoms with van der Waals surface area (Å²) in [5, 5.41) is 19.9. The molecular formula is C7H11NO4. The third kappa shape index (κ3) is 1.55. The zero-order chi connectivity index (χ0) is 9.30. The van der Waals surface area contributed by atoms with Crippen LogP contribution in [0.4, 0.5) is 0 Å². The number of carboxylic acids is 2. The maximum Gasteiger partial charge on any atom is 0.320 e. The van der Waals surface area contributed by atoms with Crippen LogP contribution in [0.25, 0.3) is 0 Å².